The smallest absolute Gasteiger partial charge is 0.243 e. The maximum Gasteiger partial charge on any atom is 0.243 e. The molecule has 4 aromatic carbocycles. The van der Waals surface area contributed by atoms with Crippen LogP contribution in [-0.4, -0.2) is 23.6 Å². The molecule has 43 heavy (non-hydrogen) atoms. The van der Waals surface area contributed by atoms with Gasteiger partial charge in [0.15, 0.2) is 0 Å². The average molecular weight is 592 g/mol. The van der Waals surface area contributed by atoms with E-state index in [4.69, 9.17) is 0 Å². The molecule has 5 aromatic rings. The molecular weight excluding hydrogens is 561 g/mol. The number of halogens is 1. The zero-order valence-electron chi connectivity index (χ0n) is 23.3. The highest BCUT2D eigenvalue weighted by molar-refractivity contribution is 7.89. The number of rotatable bonds is 10. The molecule has 0 spiro atoms. The van der Waals surface area contributed by atoms with Crippen molar-refractivity contribution in [2.24, 2.45) is 5.92 Å². The zero-order chi connectivity index (χ0) is 29.8. The summed E-state index contributed by atoms with van der Waals surface area (Å²) in [6.07, 6.45) is 4.22. The minimum absolute atomic E-state index is 0.0691. The third-order valence-electron chi connectivity index (χ3n) is 7.71. The highest BCUT2D eigenvalue weighted by Gasteiger charge is 2.43. The van der Waals surface area contributed by atoms with Crippen LogP contribution in [0.1, 0.15) is 29.0 Å². The molecule has 1 amide bonds. The Balaban J connectivity index is 1.19. The lowest BCUT2D eigenvalue weighted by molar-refractivity contribution is -0.117. The van der Waals surface area contributed by atoms with Crippen molar-refractivity contribution in [1.82, 2.24) is 9.29 Å². The first kappa shape index (κ1) is 28.5. The molecule has 1 aliphatic carbocycles. The number of carbonyl (C=O) groups is 1. The minimum atomic E-state index is -3.94. The lowest BCUT2D eigenvalue weighted by Crippen LogP contribution is -2.30. The number of nitrogens with one attached hydrogen (secondary N) is 1. The second-order valence-corrected chi connectivity index (χ2v) is 12.6. The topological polar surface area (TPSA) is 79.4 Å². The van der Waals surface area contributed by atoms with E-state index in [0.29, 0.717) is 11.3 Å². The fraction of sp³-hybridized carbons (Fsp3) is 0.143. The molecule has 6 nitrogen and oxygen atoms in total. The Morgan fingerprint density at radius 2 is 1.35 bits per heavy atom. The van der Waals surface area contributed by atoms with Gasteiger partial charge < -0.3 is 5.32 Å². The van der Waals surface area contributed by atoms with Crippen LogP contribution < -0.4 is 5.32 Å². The molecule has 2 atom stereocenters. The van der Waals surface area contributed by atoms with Gasteiger partial charge in [0.1, 0.15) is 5.82 Å². The van der Waals surface area contributed by atoms with Gasteiger partial charge in [-0.2, -0.15) is 4.31 Å². The first-order valence-corrected chi connectivity index (χ1v) is 15.5. The number of pyridine rings is 1. The number of nitrogens with zero attached hydrogens (tertiary/aromatic N) is 2. The van der Waals surface area contributed by atoms with Crippen LogP contribution in [0.25, 0.3) is 11.1 Å². The third-order valence-corrected chi connectivity index (χ3v) is 9.52. The van der Waals surface area contributed by atoms with Gasteiger partial charge in [-0.1, -0.05) is 66.7 Å². The first-order valence-electron chi connectivity index (χ1n) is 14.1. The zero-order valence-corrected chi connectivity index (χ0v) is 24.1. The molecular formula is C35H30FN3O3S. The molecule has 0 radical (unpaired) electrons. The van der Waals surface area contributed by atoms with Crippen molar-refractivity contribution in [2.45, 2.75) is 30.3 Å². The summed E-state index contributed by atoms with van der Waals surface area (Å²) in [5.41, 5.74) is 5.23. The summed E-state index contributed by atoms with van der Waals surface area (Å²) in [5, 5.41) is 2.92. The number of aromatic nitrogens is 1. The van der Waals surface area contributed by atoms with Crippen LogP contribution in [0.2, 0.25) is 0 Å². The van der Waals surface area contributed by atoms with Crippen molar-refractivity contribution in [1.29, 1.82) is 0 Å². The fourth-order valence-corrected chi connectivity index (χ4v) is 6.63. The summed E-state index contributed by atoms with van der Waals surface area (Å²) in [7, 11) is -3.94. The molecule has 2 unspecified atom stereocenters. The predicted molar refractivity (Wildman–Crippen MR) is 165 cm³/mol. The van der Waals surface area contributed by atoms with E-state index in [1.54, 1.807) is 36.7 Å². The lowest BCUT2D eigenvalue weighted by Gasteiger charge is -2.23. The number of sulfonamides is 1. The van der Waals surface area contributed by atoms with E-state index in [0.717, 1.165) is 28.7 Å². The standard InChI is InChI=1S/C35H30FN3O3S/c36-30-12-8-26(9-13-30)24-39(23-25-6-10-28(11-7-25)27-4-2-1-3-5-27)43(41,42)32-16-14-31(15-17-32)38-35(40)34-22-33(34)29-18-20-37-21-19-29/h1-21,33-34H,22-24H2,(H,38,40). The SMILES string of the molecule is O=C(Nc1ccc(S(=O)(=O)N(Cc2ccc(F)cc2)Cc2ccc(-c3ccccc3)cc2)cc1)C1CC1c1ccncc1. The van der Waals surface area contributed by atoms with Gasteiger partial charge in [0.25, 0.3) is 0 Å². The molecule has 6 rings (SSSR count). The summed E-state index contributed by atoms with van der Waals surface area (Å²) < 4.78 is 42.8. The number of anilines is 1. The van der Waals surface area contributed by atoms with E-state index < -0.39 is 10.0 Å². The predicted octanol–water partition coefficient (Wildman–Crippen LogP) is 7.02. The monoisotopic (exact) mass is 591 g/mol. The van der Waals surface area contributed by atoms with Gasteiger partial charge >= 0.3 is 0 Å². The van der Waals surface area contributed by atoms with Gasteiger partial charge in [-0.3, -0.25) is 9.78 Å². The van der Waals surface area contributed by atoms with Crippen molar-refractivity contribution < 1.29 is 17.6 Å². The Morgan fingerprint density at radius 3 is 1.98 bits per heavy atom. The largest absolute Gasteiger partial charge is 0.326 e. The minimum Gasteiger partial charge on any atom is -0.326 e. The third kappa shape index (κ3) is 6.71. The van der Waals surface area contributed by atoms with Gasteiger partial charge in [0.2, 0.25) is 15.9 Å². The highest BCUT2D eigenvalue weighted by atomic mass is 32.2. The van der Waals surface area contributed by atoms with Crippen molar-refractivity contribution in [3.05, 3.63) is 150 Å². The molecule has 1 saturated carbocycles. The van der Waals surface area contributed by atoms with Gasteiger partial charge in [-0.05, 0) is 88.7 Å². The fourth-order valence-electron chi connectivity index (χ4n) is 5.21. The normalized spacial score (nSPS) is 16.1. The summed E-state index contributed by atoms with van der Waals surface area (Å²) >= 11 is 0. The van der Waals surface area contributed by atoms with Crippen LogP contribution in [0.15, 0.2) is 133 Å². The number of hydrogen-bond donors (Lipinski definition) is 1. The maximum absolute atomic E-state index is 13.9. The molecule has 1 fully saturated rings. The molecule has 216 valence electrons. The van der Waals surface area contributed by atoms with Gasteiger partial charge in [-0.15, -0.1) is 0 Å². The molecule has 0 saturated heterocycles. The number of amides is 1. The van der Waals surface area contributed by atoms with Crippen molar-refractivity contribution >= 4 is 21.6 Å². The van der Waals surface area contributed by atoms with Crippen molar-refractivity contribution in [3.8, 4) is 11.1 Å². The summed E-state index contributed by atoms with van der Waals surface area (Å²) in [6, 6.07) is 33.7. The summed E-state index contributed by atoms with van der Waals surface area (Å²) in [6.45, 7) is 0.199. The van der Waals surface area contributed by atoms with Crippen molar-refractivity contribution in [3.63, 3.8) is 0 Å². The average Bonchev–Trinajstić information content (AvgIpc) is 3.85. The van der Waals surface area contributed by atoms with Crippen LogP contribution in [0, 0.1) is 11.7 Å². The van der Waals surface area contributed by atoms with E-state index in [1.807, 2.05) is 66.7 Å². The Kier molecular flexibility index (Phi) is 8.13. The molecule has 0 aliphatic heterocycles. The first-order chi connectivity index (χ1) is 20.9. The van der Waals surface area contributed by atoms with E-state index in [-0.39, 0.29) is 41.5 Å². The quantitative estimate of drug-likeness (QED) is 0.189. The van der Waals surface area contributed by atoms with Crippen LogP contribution in [0.5, 0.6) is 0 Å². The highest BCUT2D eigenvalue weighted by Crippen LogP contribution is 2.47. The van der Waals surface area contributed by atoms with Crippen LogP contribution >= 0.6 is 0 Å². The van der Waals surface area contributed by atoms with E-state index in [1.165, 1.54) is 28.6 Å². The number of hydrogen-bond acceptors (Lipinski definition) is 4. The molecule has 1 heterocycles. The number of carbonyl (C=O) groups excluding carboxylic acids is 1. The summed E-state index contributed by atoms with van der Waals surface area (Å²) in [4.78, 5) is 16.9. The molecule has 0 bridgehead atoms. The van der Waals surface area contributed by atoms with Gasteiger partial charge in [0, 0.05) is 37.1 Å². The maximum atomic E-state index is 13.9. The Bertz CT molecular complexity index is 1800. The Hall–Kier alpha value is -4.66. The van der Waals surface area contributed by atoms with E-state index in [9.17, 15) is 17.6 Å². The molecule has 1 aromatic heterocycles. The lowest BCUT2D eigenvalue weighted by atomic mass is 10.0. The Labute approximate surface area is 250 Å². The Morgan fingerprint density at radius 1 is 0.767 bits per heavy atom. The van der Waals surface area contributed by atoms with Crippen molar-refractivity contribution in [2.75, 3.05) is 5.32 Å². The van der Waals surface area contributed by atoms with Gasteiger partial charge in [0.05, 0.1) is 4.90 Å². The second kappa shape index (κ2) is 12.3. The van der Waals surface area contributed by atoms with E-state index >= 15 is 0 Å². The van der Waals surface area contributed by atoms with Crippen LogP contribution in [-0.2, 0) is 27.9 Å². The molecule has 1 N–H and O–H groups in total. The summed E-state index contributed by atoms with van der Waals surface area (Å²) in [5.74, 6) is -0.422. The van der Waals surface area contributed by atoms with E-state index in [2.05, 4.69) is 10.3 Å². The second-order valence-electron chi connectivity index (χ2n) is 10.7. The molecule has 1 aliphatic rings. The molecule has 8 heteroatoms. The van der Waals surface area contributed by atoms with Gasteiger partial charge in [-0.25, -0.2) is 12.8 Å². The van der Waals surface area contributed by atoms with Crippen LogP contribution in [0.4, 0.5) is 10.1 Å². The van der Waals surface area contributed by atoms with Crippen LogP contribution in [0.3, 0.4) is 0 Å². The number of benzene rings is 4.